The second-order valence-corrected chi connectivity index (χ2v) is 10.2. The Balaban J connectivity index is 2.15. The number of amides is 2. The summed E-state index contributed by atoms with van der Waals surface area (Å²) in [6.07, 6.45) is 0.303. The van der Waals surface area contributed by atoms with Gasteiger partial charge in [-0.3, -0.25) is 43.6 Å². The zero-order valence-electron chi connectivity index (χ0n) is 23.8. The van der Waals surface area contributed by atoms with E-state index in [0.717, 1.165) is 11.1 Å². The van der Waals surface area contributed by atoms with E-state index in [2.05, 4.69) is 10.6 Å². The zero-order chi connectivity index (χ0) is 30.4. The maximum absolute atomic E-state index is 13.1. The number of nitrogens with one attached hydrogen (secondary N) is 2. The van der Waals surface area contributed by atoms with E-state index in [1.165, 1.54) is 7.05 Å². The van der Waals surface area contributed by atoms with Gasteiger partial charge in [-0.2, -0.15) is 0 Å². The maximum atomic E-state index is 13.1. The third-order valence-corrected chi connectivity index (χ3v) is 6.83. The first-order chi connectivity index (χ1) is 19.4. The van der Waals surface area contributed by atoms with Gasteiger partial charge in [0.1, 0.15) is 6.04 Å². The molecule has 14 heteroatoms. The number of hydrogen-bond donors (Lipinski definition) is 5. The number of aliphatic carboxylic acids is 3. The first-order valence-electron chi connectivity index (χ1n) is 13.6. The molecule has 1 atom stereocenters. The summed E-state index contributed by atoms with van der Waals surface area (Å²) in [5.74, 6) is -3.80. The maximum Gasteiger partial charge on any atom is 0.317 e. The molecule has 1 saturated heterocycles. The lowest BCUT2D eigenvalue weighted by atomic mass is 10.0. The molecule has 0 saturated carbocycles. The van der Waals surface area contributed by atoms with Crippen molar-refractivity contribution < 1.29 is 39.3 Å². The fourth-order valence-corrected chi connectivity index (χ4v) is 4.57. The van der Waals surface area contributed by atoms with Crippen LogP contribution in [0.3, 0.4) is 0 Å². The molecule has 1 fully saturated rings. The smallest absolute Gasteiger partial charge is 0.317 e. The van der Waals surface area contributed by atoms with Crippen LogP contribution in [0, 0.1) is 6.92 Å². The van der Waals surface area contributed by atoms with Crippen LogP contribution in [-0.4, -0.2) is 156 Å². The quantitative estimate of drug-likeness (QED) is 0.189. The van der Waals surface area contributed by atoms with Crippen molar-refractivity contribution in [3.63, 3.8) is 0 Å². The van der Waals surface area contributed by atoms with Gasteiger partial charge in [-0.15, -0.1) is 0 Å². The lowest BCUT2D eigenvalue weighted by Gasteiger charge is -2.33. The van der Waals surface area contributed by atoms with Crippen LogP contribution in [0.1, 0.15) is 11.1 Å². The monoisotopic (exact) mass is 578 g/mol. The molecular formula is C27H42N6O8. The van der Waals surface area contributed by atoms with Crippen molar-refractivity contribution in [1.29, 1.82) is 0 Å². The normalized spacial score (nSPS) is 17.5. The summed E-state index contributed by atoms with van der Waals surface area (Å²) >= 11 is 0. The van der Waals surface area contributed by atoms with Gasteiger partial charge in [0.25, 0.3) is 0 Å². The van der Waals surface area contributed by atoms with E-state index in [1.807, 2.05) is 36.1 Å². The first-order valence-corrected chi connectivity index (χ1v) is 13.6. The van der Waals surface area contributed by atoms with Gasteiger partial charge in [0.15, 0.2) is 0 Å². The highest BCUT2D eigenvalue weighted by molar-refractivity contribution is 5.88. The molecule has 41 heavy (non-hydrogen) atoms. The van der Waals surface area contributed by atoms with E-state index in [-0.39, 0.29) is 64.2 Å². The van der Waals surface area contributed by atoms with E-state index in [4.69, 9.17) is 0 Å². The van der Waals surface area contributed by atoms with Crippen LogP contribution in [0.2, 0.25) is 0 Å². The molecule has 1 aromatic carbocycles. The molecular weight excluding hydrogens is 536 g/mol. The molecule has 1 unspecified atom stereocenters. The van der Waals surface area contributed by atoms with Crippen molar-refractivity contribution in [3.05, 3.63) is 35.4 Å². The van der Waals surface area contributed by atoms with Gasteiger partial charge in [-0.1, -0.05) is 29.8 Å². The molecule has 5 N–H and O–H groups in total. The van der Waals surface area contributed by atoms with E-state index in [1.54, 1.807) is 14.7 Å². The number of rotatable bonds is 12. The minimum absolute atomic E-state index is 0.0750. The van der Waals surface area contributed by atoms with E-state index in [0.29, 0.717) is 32.6 Å². The molecule has 0 bridgehead atoms. The van der Waals surface area contributed by atoms with Crippen LogP contribution in [-0.2, 0) is 30.4 Å². The lowest BCUT2D eigenvalue weighted by Crippen LogP contribution is -2.52. The number of benzene rings is 1. The Bertz CT molecular complexity index is 1010. The Morgan fingerprint density at radius 1 is 0.683 bits per heavy atom. The SMILES string of the molecule is CNC(=O)C(Cc1ccc(C)cc1)NC(=O)CN1CCN(CC(=O)O)CCN(CC(=O)O)CCN(CC(=O)O)CC1. The van der Waals surface area contributed by atoms with Crippen LogP contribution < -0.4 is 10.6 Å². The topological polar surface area (TPSA) is 183 Å². The van der Waals surface area contributed by atoms with Gasteiger partial charge in [-0.25, -0.2) is 0 Å². The predicted molar refractivity (Wildman–Crippen MR) is 150 cm³/mol. The largest absolute Gasteiger partial charge is 0.480 e. The van der Waals surface area contributed by atoms with Gasteiger partial charge in [0.2, 0.25) is 11.8 Å². The van der Waals surface area contributed by atoms with E-state index < -0.39 is 23.9 Å². The predicted octanol–water partition coefficient (Wildman–Crippen LogP) is -1.76. The first kappa shape index (κ1) is 33.6. The highest BCUT2D eigenvalue weighted by Crippen LogP contribution is 2.07. The van der Waals surface area contributed by atoms with Crippen LogP contribution in [0.4, 0.5) is 0 Å². The number of carbonyl (C=O) groups excluding carboxylic acids is 2. The molecule has 0 aromatic heterocycles. The molecule has 2 rings (SSSR count). The Morgan fingerprint density at radius 2 is 1.05 bits per heavy atom. The summed E-state index contributed by atoms with van der Waals surface area (Å²) in [6, 6.07) is 6.87. The number of hydrogen-bond acceptors (Lipinski definition) is 9. The molecule has 1 heterocycles. The Kier molecular flexibility index (Phi) is 14.2. The molecule has 0 radical (unpaired) electrons. The van der Waals surface area contributed by atoms with Crippen molar-refractivity contribution in [2.45, 2.75) is 19.4 Å². The second-order valence-electron chi connectivity index (χ2n) is 10.2. The van der Waals surface area contributed by atoms with Crippen molar-refractivity contribution in [1.82, 2.24) is 30.2 Å². The molecule has 228 valence electrons. The minimum Gasteiger partial charge on any atom is -0.480 e. The minimum atomic E-state index is -1.03. The van der Waals surface area contributed by atoms with Crippen molar-refractivity contribution >= 4 is 29.7 Å². The average molecular weight is 579 g/mol. The van der Waals surface area contributed by atoms with Crippen LogP contribution in [0.15, 0.2) is 24.3 Å². The molecule has 1 aromatic rings. The summed E-state index contributed by atoms with van der Waals surface area (Å²) in [5.41, 5.74) is 1.97. The second kappa shape index (κ2) is 17.3. The average Bonchev–Trinajstić information content (AvgIpc) is 2.89. The Hall–Kier alpha value is -3.59. The zero-order valence-corrected chi connectivity index (χ0v) is 23.8. The van der Waals surface area contributed by atoms with E-state index in [9.17, 15) is 39.3 Å². The van der Waals surface area contributed by atoms with Gasteiger partial charge in [-0.05, 0) is 12.5 Å². The highest BCUT2D eigenvalue weighted by atomic mass is 16.4. The number of likely N-dealkylation sites (N-methyl/N-ethyl adjacent to an activating group) is 1. The molecule has 2 amide bonds. The highest BCUT2D eigenvalue weighted by Gasteiger charge is 2.24. The summed E-state index contributed by atoms with van der Waals surface area (Å²) in [4.78, 5) is 66.8. The Morgan fingerprint density at radius 3 is 1.39 bits per heavy atom. The molecule has 1 aliphatic heterocycles. The van der Waals surface area contributed by atoms with Gasteiger partial charge in [0.05, 0.1) is 26.2 Å². The lowest BCUT2D eigenvalue weighted by molar-refractivity contribution is -0.140. The number of aryl methyl sites for hydroxylation is 1. The van der Waals surface area contributed by atoms with Crippen molar-refractivity contribution in [2.75, 3.05) is 85.6 Å². The number of carboxylic acid groups (broad SMARTS) is 3. The van der Waals surface area contributed by atoms with Gasteiger partial charge in [0, 0.05) is 65.8 Å². The van der Waals surface area contributed by atoms with Crippen LogP contribution >= 0.6 is 0 Å². The fraction of sp³-hybridized carbons (Fsp3) is 0.593. The standard InChI is InChI=1S/C27H42N6O8/c1-20-3-5-21(6-4-20)15-22(27(41)28-2)29-23(34)16-30-7-9-31(17-24(35)36)11-13-33(19-26(39)40)14-12-32(10-8-30)18-25(37)38/h3-6,22H,7-19H2,1-2H3,(H,28,41)(H,29,34)(H,35,36)(H,37,38)(H,39,40). The summed E-state index contributed by atoms with van der Waals surface area (Å²) in [6.45, 7) is 3.49. The molecule has 1 aliphatic rings. The van der Waals surface area contributed by atoms with E-state index >= 15 is 0 Å². The van der Waals surface area contributed by atoms with Crippen molar-refractivity contribution in [2.24, 2.45) is 0 Å². The third-order valence-electron chi connectivity index (χ3n) is 6.83. The summed E-state index contributed by atoms with van der Waals surface area (Å²) < 4.78 is 0. The third kappa shape index (κ3) is 13.5. The molecule has 14 nitrogen and oxygen atoms in total. The summed E-state index contributed by atoms with van der Waals surface area (Å²) in [5, 5.41) is 33.4. The molecule has 0 aliphatic carbocycles. The van der Waals surface area contributed by atoms with Crippen LogP contribution in [0.25, 0.3) is 0 Å². The van der Waals surface area contributed by atoms with Gasteiger partial charge < -0.3 is 26.0 Å². The number of nitrogens with zero attached hydrogens (tertiary/aromatic N) is 4. The van der Waals surface area contributed by atoms with Crippen molar-refractivity contribution in [3.8, 4) is 0 Å². The summed E-state index contributed by atoms with van der Waals surface area (Å²) in [7, 11) is 1.50. The molecule has 0 spiro atoms. The van der Waals surface area contributed by atoms with Crippen LogP contribution in [0.5, 0.6) is 0 Å². The van der Waals surface area contributed by atoms with Gasteiger partial charge >= 0.3 is 17.9 Å². The number of carbonyl (C=O) groups is 5. The number of carboxylic acids is 3. The fourth-order valence-electron chi connectivity index (χ4n) is 4.57. The Labute approximate surface area is 239 Å².